The molecule has 1 aromatic carbocycles. The molecule has 0 fully saturated rings. The summed E-state index contributed by atoms with van der Waals surface area (Å²) in [5.74, 6) is 0.398. The van der Waals surface area contributed by atoms with Gasteiger partial charge in [-0.3, -0.25) is 4.79 Å². The quantitative estimate of drug-likeness (QED) is 0.267. The Kier molecular flexibility index (Phi) is 6.38. The van der Waals surface area contributed by atoms with Crippen LogP contribution in [0.25, 0.3) is 11.4 Å². The monoisotopic (exact) mass is 454 g/mol. The molecule has 0 N–H and O–H groups in total. The van der Waals surface area contributed by atoms with Crippen molar-refractivity contribution in [3.63, 3.8) is 0 Å². The van der Waals surface area contributed by atoms with Crippen LogP contribution in [0.3, 0.4) is 0 Å². The molecular weight excluding hydrogens is 431 g/mol. The van der Waals surface area contributed by atoms with Crippen molar-refractivity contribution >= 4 is 28.9 Å². The summed E-state index contributed by atoms with van der Waals surface area (Å²) in [6.07, 6.45) is 0.953. The zero-order chi connectivity index (χ0) is 22.0. The predicted molar refractivity (Wildman–Crippen MR) is 123 cm³/mol. The third-order valence-electron chi connectivity index (χ3n) is 5.32. The Bertz CT molecular complexity index is 1210. The van der Waals surface area contributed by atoms with E-state index >= 15 is 0 Å². The third kappa shape index (κ3) is 4.50. The van der Waals surface area contributed by atoms with E-state index < -0.39 is 0 Å². The second-order valence-corrected chi connectivity index (χ2v) is 9.30. The molecule has 0 saturated carbocycles. The molecule has 0 aliphatic rings. The lowest BCUT2D eigenvalue weighted by Crippen LogP contribution is -2.08. The summed E-state index contributed by atoms with van der Waals surface area (Å²) < 4.78 is 18.0. The molecule has 3 heterocycles. The minimum atomic E-state index is -0.347. The number of benzene rings is 1. The maximum Gasteiger partial charge on any atom is 0.191 e. The van der Waals surface area contributed by atoms with Crippen LogP contribution in [0.5, 0.6) is 0 Å². The molecule has 0 radical (unpaired) electrons. The fourth-order valence-electron chi connectivity index (χ4n) is 3.63. The highest BCUT2D eigenvalue weighted by molar-refractivity contribution is 7.99. The molecule has 4 aromatic rings. The lowest BCUT2D eigenvalue weighted by atomic mass is 10.2. The average molecular weight is 455 g/mol. The molecular formula is C23H23FN4OS2. The van der Waals surface area contributed by atoms with E-state index in [1.807, 2.05) is 19.9 Å². The topological polar surface area (TPSA) is 52.7 Å². The number of Topliss-reactive ketones (excluding diaryl/α,β-unsaturated/α-hetero) is 1. The molecule has 3 aromatic heterocycles. The summed E-state index contributed by atoms with van der Waals surface area (Å²) in [6.45, 7) is 4.89. The van der Waals surface area contributed by atoms with Crippen LogP contribution in [-0.2, 0) is 20.0 Å². The second kappa shape index (κ2) is 9.20. The number of hydrogen-bond acceptors (Lipinski definition) is 5. The van der Waals surface area contributed by atoms with E-state index in [-0.39, 0.29) is 17.4 Å². The lowest BCUT2D eigenvalue weighted by Gasteiger charge is -2.09. The van der Waals surface area contributed by atoms with Crippen LogP contribution in [-0.4, -0.2) is 30.9 Å². The summed E-state index contributed by atoms with van der Waals surface area (Å²) in [7, 11) is 1.78. The van der Waals surface area contributed by atoms with E-state index in [4.69, 9.17) is 0 Å². The van der Waals surface area contributed by atoms with E-state index in [1.165, 1.54) is 22.7 Å². The van der Waals surface area contributed by atoms with E-state index in [0.717, 1.165) is 29.9 Å². The summed E-state index contributed by atoms with van der Waals surface area (Å²) >= 11 is 3.07. The third-order valence-corrected chi connectivity index (χ3v) is 7.27. The van der Waals surface area contributed by atoms with Gasteiger partial charge < -0.3 is 9.13 Å². The van der Waals surface area contributed by atoms with Crippen LogP contribution >= 0.6 is 23.1 Å². The Labute approximate surface area is 188 Å². The molecule has 0 atom stereocenters. The Morgan fingerprint density at radius 2 is 1.97 bits per heavy atom. The molecule has 5 nitrogen and oxygen atoms in total. The van der Waals surface area contributed by atoms with Crippen molar-refractivity contribution in [2.75, 3.05) is 5.75 Å². The van der Waals surface area contributed by atoms with Gasteiger partial charge in [0.25, 0.3) is 0 Å². The van der Waals surface area contributed by atoms with Crippen molar-refractivity contribution in [1.29, 1.82) is 0 Å². The van der Waals surface area contributed by atoms with Crippen LogP contribution in [0.2, 0.25) is 0 Å². The number of aromatic nitrogens is 4. The minimum Gasteiger partial charge on any atom is -0.348 e. The molecule has 0 bridgehead atoms. The molecule has 0 aliphatic carbocycles. The first-order valence-corrected chi connectivity index (χ1v) is 11.8. The zero-order valence-corrected chi connectivity index (χ0v) is 19.3. The van der Waals surface area contributed by atoms with Gasteiger partial charge in [0, 0.05) is 35.4 Å². The Hall–Kier alpha value is -2.71. The van der Waals surface area contributed by atoms with Crippen molar-refractivity contribution in [3.05, 3.63) is 75.5 Å². The number of halogens is 1. The van der Waals surface area contributed by atoms with Gasteiger partial charge in [0.05, 0.1) is 11.3 Å². The molecule has 4 rings (SSSR count). The molecule has 0 unspecified atom stereocenters. The average Bonchev–Trinajstić information content (AvgIpc) is 3.46. The van der Waals surface area contributed by atoms with E-state index in [1.54, 1.807) is 41.2 Å². The molecule has 160 valence electrons. The number of rotatable bonds is 8. The van der Waals surface area contributed by atoms with Crippen molar-refractivity contribution in [2.45, 2.75) is 32.0 Å². The minimum absolute atomic E-state index is 0.0518. The van der Waals surface area contributed by atoms with Gasteiger partial charge >= 0.3 is 0 Å². The van der Waals surface area contributed by atoms with E-state index in [2.05, 4.69) is 32.3 Å². The number of thiophene rings is 1. The SMILES string of the molecule is Cc1cc(C(=O)CSc2nnc(-c3ccccc3F)n2C)c(C)n1CCc1cccs1. The number of carbonyl (C=O) groups is 1. The summed E-state index contributed by atoms with van der Waals surface area (Å²) in [5.41, 5.74) is 3.21. The highest BCUT2D eigenvalue weighted by atomic mass is 32.2. The van der Waals surface area contributed by atoms with Crippen molar-refractivity contribution < 1.29 is 9.18 Å². The van der Waals surface area contributed by atoms with Crippen molar-refractivity contribution in [2.24, 2.45) is 7.05 Å². The Morgan fingerprint density at radius 3 is 2.71 bits per heavy atom. The van der Waals surface area contributed by atoms with E-state index in [9.17, 15) is 9.18 Å². The largest absolute Gasteiger partial charge is 0.348 e. The Morgan fingerprint density at radius 1 is 1.16 bits per heavy atom. The van der Waals surface area contributed by atoms with Gasteiger partial charge in [0.1, 0.15) is 5.82 Å². The summed E-state index contributed by atoms with van der Waals surface area (Å²) in [4.78, 5) is 14.3. The maximum atomic E-state index is 14.1. The number of nitrogens with zero attached hydrogens (tertiary/aromatic N) is 4. The molecule has 31 heavy (non-hydrogen) atoms. The molecule has 0 aliphatic heterocycles. The first-order valence-electron chi connectivity index (χ1n) is 9.95. The predicted octanol–water partition coefficient (Wildman–Crippen LogP) is 5.32. The number of aryl methyl sites for hydroxylation is 2. The van der Waals surface area contributed by atoms with Gasteiger partial charge in [0.2, 0.25) is 0 Å². The fourth-order valence-corrected chi connectivity index (χ4v) is 5.12. The first-order chi connectivity index (χ1) is 15.0. The summed E-state index contributed by atoms with van der Waals surface area (Å²) in [6, 6.07) is 12.6. The Balaban J connectivity index is 1.45. The molecule has 0 amide bonds. The van der Waals surface area contributed by atoms with Gasteiger partial charge in [-0.1, -0.05) is 30.0 Å². The van der Waals surface area contributed by atoms with E-state index in [0.29, 0.717) is 16.5 Å². The number of thioether (sulfide) groups is 1. The van der Waals surface area contributed by atoms with Gasteiger partial charge in [-0.2, -0.15) is 0 Å². The van der Waals surface area contributed by atoms with Crippen LogP contribution in [0.4, 0.5) is 4.39 Å². The van der Waals surface area contributed by atoms with Crippen molar-refractivity contribution in [3.8, 4) is 11.4 Å². The summed E-state index contributed by atoms with van der Waals surface area (Å²) in [5, 5.41) is 10.9. The van der Waals surface area contributed by atoms with Crippen LogP contribution < -0.4 is 0 Å². The van der Waals surface area contributed by atoms with Gasteiger partial charge in [-0.05, 0) is 49.9 Å². The number of hydrogen-bond donors (Lipinski definition) is 0. The standard InChI is InChI=1S/C23H23FN4OS2/c1-15-13-19(16(2)28(15)11-10-17-7-6-12-30-17)21(29)14-31-23-26-25-22(27(23)3)18-8-4-5-9-20(18)24/h4-9,12-13H,10-11,14H2,1-3H3. The van der Waals surface area contributed by atoms with Crippen LogP contribution in [0, 0.1) is 19.7 Å². The highest BCUT2D eigenvalue weighted by Gasteiger charge is 2.19. The van der Waals surface area contributed by atoms with Gasteiger partial charge in [-0.25, -0.2) is 4.39 Å². The van der Waals surface area contributed by atoms with Gasteiger partial charge in [-0.15, -0.1) is 21.5 Å². The smallest absolute Gasteiger partial charge is 0.191 e. The van der Waals surface area contributed by atoms with Crippen molar-refractivity contribution in [1.82, 2.24) is 19.3 Å². The highest BCUT2D eigenvalue weighted by Crippen LogP contribution is 2.26. The number of carbonyl (C=O) groups excluding carboxylic acids is 1. The van der Waals surface area contributed by atoms with Crippen LogP contribution in [0.15, 0.2) is 53.0 Å². The van der Waals surface area contributed by atoms with Gasteiger partial charge in [0.15, 0.2) is 16.8 Å². The maximum absolute atomic E-state index is 14.1. The fraction of sp³-hybridized carbons (Fsp3) is 0.261. The lowest BCUT2D eigenvalue weighted by molar-refractivity contribution is 0.102. The van der Waals surface area contributed by atoms with Crippen LogP contribution in [0.1, 0.15) is 26.6 Å². The second-order valence-electron chi connectivity index (χ2n) is 7.32. The molecule has 8 heteroatoms. The first kappa shape index (κ1) is 21.5. The number of ketones is 1. The zero-order valence-electron chi connectivity index (χ0n) is 17.6. The normalized spacial score (nSPS) is 11.2. The molecule has 0 saturated heterocycles. The molecule has 0 spiro atoms.